The average molecular weight is 405 g/mol. The number of halogens is 2. The van der Waals surface area contributed by atoms with Gasteiger partial charge in [-0.15, -0.1) is 0 Å². The number of ether oxygens (including phenoxy) is 1. The van der Waals surface area contributed by atoms with Crippen LogP contribution in [0.2, 0.25) is 0 Å². The first kappa shape index (κ1) is 18.7. The van der Waals surface area contributed by atoms with Gasteiger partial charge in [-0.05, 0) is 31.2 Å². The van der Waals surface area contributed by atoms with E-state index in [2.05, 4.69) is 5.10 Å². The molecule has 146 valence electrons. The quantitative estimate of drug-likeness (QED) is 0.726. The highest BCUT2D eigenvalue weighted by atomic mass is 32.2. The van der Waals surface area contributed by atoms with Crippen LogP contribution in [0.1, 0.15) is 18.2 Å². The van der Waals surface area contributed by atoms with Gasteiger partial charge in [-0.25, -0.2) is 27.0 Å². The Morgan fingerprint density at radius 2 is 1.86 bits per heavy atom. The van der Waals surface area contributed by atoms with Crippen LogP contribution in [0.15, 0.2) is 47.4 Å². The Labute approximate surface area is 160 Å². The van der Waals surface area contributed by atoms with Crippen molar-refractivity contribution in [2.45, 2.75) is 31.0 Å². The lowest BCUT2D eigenvalue weighted by Crippen LogP contribution is -2.21. The van der Waals surface area contributed by atoms with Crippen molar-refractivity contribution >= 4 is 10.0 Å². The van der Waals surface area contributed by atoms with Crippen LogP contribution in [0.3, 0.4) is 0 Å². The average Bonchev–Trinajstić information content (AvgIpc) is 3.02. The Hall–Kier alpha value is -2.62. The third kappa shape index (κ3) is 3.32. The van der Waals surface area contributed by atoms with E-state index in [1.54, 1.807) is 16.8 Å². The predicted molar refractivity (Wildman–Crippen MR) is 98.2 cm³/mol. The Bertz CT molecular complexity index is 1160. The zero-order valence-corrected chi connectivity index (χ0v) is 15.7. The molecule has 0 amide bonds. The van der Waals surface area contributed by atoms with Crippen LogP contribution >= 0.6 is 0 Å². The molecule has 9 heteroatoms. The maximum absolute atomic E-state index is 13.8. The van der Waals surface area contributed by atoms with Crippen LogP contribution < -0.4 is 5.14 Å². The second kappa shape index (κ2) is 6.77. The molecule has 1 aromatic heterocycles. The van der Waals surface area contributed by atoms with E-state index in [4.69, 9.17) is 9.88 Å². The van der Waals surface area contributed by atoms with Crippen molar-refractivity contribution in [3.63, 3.8) is 0 Å². The summed E-state index contributed by atoms with van der Waals surface area (Å²) in [7, 11) is -3.80. The van der Waals surface area contributed by atoms with Crippen molar-refractivity contribution in [2.75, 3.05) is 0 Å². The predicted octanol–water partition coefficient (Wildman–Crippen LogP) is 2.93. The zero-order valence-electron chi connectivity index (χ0n) is 14.9. The fourth-order valence-electron chi connectivity index (χ4n) is 3.27. The molecule has 2 N–H and O–H groups in total. The highest BCUT2D eigenvalue weighted by Crippen LogP contribution is 2.33. The van der Waals surface area contributed by atoms with Gasteiger partial charge in [-0.1, -0.05) is 12.1 Å². The molecule has 0 saturated heterocycles. The minimum Gasteiger partial charge on any atom is -0.373 e. The van der Waals surface area contributed by atoms with Crippen molar-refractivity contribution in [2.24, 2.45) is 5.14 Å². The van der Waals surface area contributed by atoms with E-state index >= 15 is 0 Å². The van der Waals surface area contributed by atoms with Gasteiger partial charge in [0.2, 0.25) is 10.0 Å². The molecule has 1 aliphatic rings. The number of benzene rings is 2. The molecule has 2 aromatic carbocycles. The van der Waals surface area contributed by atoms with Crippen molar-refractivity contribution in [1.29, 1.82) is 0 Å². The SMILES string of the molecule is C[C@H]1Cc2c(c(-c3ccc(S(N)(=O)=O)cc3)nn2-c2ccc(F)c(F)c2)CO1. The van der Waals surface area contributed by atoms with Crippen LogP contribution in [0.4, 0.5) is 8.78 Å². The Morgan fingerprint density at radius 3 is 2.50 bits per heavy atom. The van der Waals surface area contributed by atoms with E-state index < -0.39 is 21.7 Å². The van der Waals surface area contributed by atoms with Gasteiger partial charge in [-0.2, -0.15) is 5.10 Å². The summed E-state index contributed by atoms with van der Waals surface area (Å²) in [6, 6.07) is 9.63. The molecule has 0 radical (unpaired) electrons. The number of nitrogens with two attached hydrogens (primary N) is 1. The minimum atomic E-state index is -3.80. The van der Waals surface area contributed by atoms with Crippen LogP contribution in [-0.4, -0.2) is 24.3 Å². The second-order valence-corrected chi connectivity index (χ2v) is 8.24. The number of hydrogen-bond donors (Lipinski definition) is 1. The Morgan fingerprint density at radius 1 is 1.14 bits per heavy atom. The lowest BCUT2D eigenvalue weighted by molar-refractivity contribution is 0.0401. The summed E-state index contributed by atoms with van der Waals surface area (Å²) >= 11 is 0. The highest BCUT2D eigenvalue weighted by Gasteiger charge is 2.26. The molecule has 28 heavy (non-hydrogen) atoms. The van der Waals surface area contributed by atoms with E-state index in [0.717, 1.165) is 23.4 Å². The number of rotatable bonds is 3. The van der Waals surface area contributed by atoms with Gasteiger partial charge in [0, 0.05) is 23.6 Å². The molecule has 0 saturated carbocycles. The van der Waals surface area contributed by atoms with Gasteiger partial charge in [0.1, 0.15) is 0 Å². The van der Waals surface area contributed by atoms with Crippen LogP contribution in [0, 0.1) is 11.6 Å². The summed E-state index contributed by atoms with van der Waals surface area (Å²) in [6.45, 7) is 2.23. The maximum atomic E-state index is 13.8. The first-order valence-electron chi connectivity index (χ1n) is 8.55. The highest BCUT2D eigenvalue weighted by molar-refractivity contribution is 7.89. The molecule has 1 aliphatic heterocycles. The van der Waals surface area contributed by atoms with Gasteiger partial charge in [0.25, 0.3) is 0 Å². The summed E-state index contributed by atoms with van der Waals surface area (Å²) in [5, 5.41) is 9.74. The number of primary sulfonamides is 1. The first-order valence-corrected chi connectivity index (χ1v) is 10.1. The van der Waals surface area contributed by atoms with Gasteiger partial charge >= 0.3 is 0 Å². The summed E-state index contributed by atoms with van der Waals surface area (Å²) in [4.78, 5) is -0.00460. The molecular formula is C19H17F2N3O3S. The first-order chi connectivity index (χ1) is 13.2. The third-order valence-corrected chi connectivity index (χ3v) is 5.62. The molecule has 0 fully saturated rings. The summed E-state index contributed by atoms with van der Waals surface area (Å²) in [5.74, 6) is -1.89. The summed E-state index contributed by atoms with van der Waals surface area (Å²) < 4.78 is 57.3. The van der Waals surface area contributed by atoms with Crippen molar-refractivity contribution in [3.05, 3.63) is 65.4 Å². The molecule has 0 bridgehead atoms. The molecular weight excluding hydrogens is 388 g/mol. The number of nitrogens with zero attached hydrogens (tertiary/aromatic N) is 2. The number of aromatic nitrogens is 2. The Balaban J connectivity index is 1.86. The normalized spacial score (nSPS) is 16.8. The summed E-state index contributed by atoms with van der Waals surface area (Å²) in [5.41, 5.74) is 3.33. The molecule has 3 aromatic rings. The molecule has 0 unspecified atom stereocenters. The number of hydrogen-bond acceptors (Lipinski definition) is 4. The van der Waals surface area contributed by atoms with E-state index in [1.165, 1.54) is 18.2 Å². The topological polar surface area (TPSA) is 87.2 Å². The van der Waals surface area contributed by atoms with Crippen molar-refractivity contribution in [3.8, 4) is 16.9 Å². The molecule has 6 nitrogen and oxygen atoms in total. The van der Waals surface area contributed by atoms with Crippen LogP contribution in [-0.2, 0) is 27.8 Å². The second-order valence-electron chi connectivity index (χ2n) is 6.68. The largest absolute Gasteiger partial charge is 0.373 e. The van der Waals surface area contributed by atoms with Crippen LogP contribution in [0.5, 0.6) is 0 Å². The molecule has 4 rings (SSSR count). The van der Waals surface area contributed by atoms with E-state index in [-0.39, 0.29) is 11.0 Å². The van der Waals surface area contributed by atoms with Gasteiger partial charge in [0.05, 0.1) is 34.7 Å². The monoisotopic (exact) mass is 405 g/mol. The molecule has 0 spiro atoms. The van der Waals surface area contributed by atoms with Gasteiger partial charge in [0.15, 0.2) is 11.6 Å². The summed E-state index contributed by atoms with van der Waals surface area (Å²) in [6.07, 6.45) is 0.502. The third-order valence-electron chi connectivity index (χ3n) is 4.69. The van der Waals surface area contributed by atoms with Gasteiger partial charge < -0.3 is 4.74 Å². The molecule has 1 atom stereocenters. The van der Waals surface area contributed by atoms with Crippen molar-refractivity contribution in [1.82, 2.24) is 9.78 Å². The fourth-order valence-corrected chi connectivity index (χ4v) is 3.78. The van der Waals surface area contributed by atoms with E-state index in [1.807, 2.05) is 6.92 Å². The van der Waals surface area contributed by atoms with E-state index in [9.17, 15) is 17.2 Å². The minimum absolute atomic E-state index is 0.00460. The zero-order chi connectivity index (χ0) is 20.1. The lowest BCUT2D eigenvalue weighted by atomic mass is 10.0. The number of fused-ring (bicyclic) bond motifs is 1. The lowest BCUT2D eigenvalue weighted by Gasteiger charge is -2.21. The van der Waals surface area contributed by atoms with Gasteiger partial charge in [-0.3, -0.25) is 0 Å². The Kier molecular flexibility index (Phi) is 4.53. The molecule has 0 aliphatic carbocycles. The fraction of sp³-hybridized carbons (Fsp3) is 0.211. The van der Waals surface area contributed by atoms with Crippen molar-refractivity contribution < 1.29 is 21.9 Å². The van der Waals surface area contributed by atoms with Crippen LogP contribution in [0.25, 0.3) is 16.9 Å². The smallest absolute Gasteiger partial charge is 0.238 e. The van der Waals surface area contributed by atoms with E-state index in [0.29, 0.717) is 30.0 Å². The molecule has 2 heterocycles. The number of sulfonamides is 1. The standard InChI is InChI=1S/C19H17F2N3O3S/c1-11-8-18-15(10-27-11)19(12-2-5-14(6-3-12)28(22,25)26)23-24(18)13-4-7-16(20)17(21)9-13/h2-7,9,11H,8,10H2,1H3,(H2,22,25,26)/t11-/m0/s1. The maximum Gasteiger partial charge on any atom is 0.238 e.